The van der Waals surface area contributed by atoms with Crippen LogP contribution in [0.3, 0.4) is 0 Å². The predicted molar refractivity (Wildman–Crippen MR) is 169 cm³/mol. The molecule has 3 aromatic carbocycles. The minimum atomic E-state index is -0.352. The predicted octanol–water partition coefficient (Wildman–Crippen LogP) is 6.15. The highest BCUT2D eigenvalue weighted by Crippen LogP contribution is 2.36. The molecule has 0 saturated carbocycles. The number of ether oxygens (including phenoxy) is 1. The van der Waals surface area contributed by atoms with Crippen LogP contribution in [0.4, 0.5) is 26.4 Å². The number of imidazole rings is 1. The molecule has 0 bridgehead atoms. The summed E-state index contributed by atoms with van der Waals surface area (Å²) in [5.41, 5.74) is 5.74. The van der Waals surface area contributed by atoms with Crippen molar-refractivity contribution in [3.63, 3.8) is 0 Å². The van der Waals surface area contributed by atoms with E-state index in [0.717, 1.165) is 11.4 Å². The zero-order valence-electron chi connectivity index (χ0n) is 24.9. The van der Waals surface area contributed by atoms with E-state index in [2.05, 4.69) is 15.0 Å². The number of anilines is 3. The first-order valence-corrected chi connectivity index (χ1v) is 14.4. The zero-order valence-corrected chi connectivity index (χ0v) is 24.9. The van der Waals surface area contributed by atoms with Gasteiger partial charge < -0.3 is 9.30 Å². The summed E-state index contributed by atoms with van der Waals surface area (Å²) >= 11 is 0. The highest BCUT2D eigenvalue weighted by Gasteiger charge is 2.25. The quantitative estimate of drug-likeness (QED) is 0.205. The molecule has 0 N–H and O–H groups in total. The molecule has 0 atom stereocenters. The van der Waals surface area contributed by atoms with Crippen LogP contribution in [0.2, 0.25) is 0 Å². The Bertz CT molecular complexity index is 2280. The van der Waals surface area contributed by atoms with E-state index in [1.54, 1.807) is 76.4 Å². The van der Waals surface area contributed by atoms with Crippen LogP contribution in [0.1, 0.15) is 5.69 Å². The fraction of sp³-hybridized carbons (Fsp3) is 0.0606. The summed E-state index contributed by atoms with van der Waals surface area (Å²) in [7, 11) is 1.59. The summed E-state index contributed by atoms with van der Waals surface area (Å²) in [4.78, 5) is 24.4. The maximum atomic E-state index is 13.7. The van der Waals surface area contributed by atoms with Gasteiger partial charge in [0, 0.05) is 23.4 Å². The molecule has 0 radical (unpaired) electrons. The van der Waals surface area contributed by atoms with E-state index < -0.39 is 0 Å². The average molecular weight is 628 g/mol. The van der Waals surface area contributed by atoms with Crippen LogP contribution in [-0.2, 0) is 0 Å². The van der Waals surface area contributed by atoms with Crippen molar-refractivity contribution in [1.29, 1.82) is 0 Å². The van der Waals surface area contributed by atoms with Gasteiger partial charge >= 0.3 is 0 Å². The van der Waals surface area contributed by atoms with Gasteiger partial charge in [0.15, 0.2) is 11.3 Å². The Morgan fingerprint density at radius 2 is 1.26 bits per heavy atom. The summed E-state index contributed by atoms with van der Waals surface area (Å²) in [6.07, 6.45) is 10.1. The highest BCUT2D eigenvalue weighted by atomic mass is 19.1. The summed E-state index contributed by atoms with van der Waals surface area (Å²) in [5, 5.41) is 9.72. The molecule has 0 aliphatic carbocycles. The molecular weight excluding hydrogens is 604 g/mol. The van der Waals surface area contributed by atoms with Crippen LogP contribution in [0.5, 0.6) is 5.75 Å². The van der Waals surface area contributed by atoms with Gasteiger partial charge in [-0.05, 0) is 67.6 Å². The van der Waals surface area contributed by atoms with Crippen molar-refractivity contribution in [2.45, 2.75) is 6.92 Å². The molecular formula is C33H23F2N11O. The van der Waals surface area contributed by atoms with Crippen molar-refractivity contribution >= 4 is 28.9 Å². The van der Waals surface area contributed by atoms with E-state index in [-0.39, 0.29) is 23.5 Å². The lowest BCUT2D eigenvalue weighted by molar-refractivity contribution is 0.413. The van der Waals surface area contributed by atoms with Crippen LogP contribution in [0, 0.1) is 18.6 Å². The van der Waals surface area contributed by atoms with Gasteiger partial charge in [-0.15, -0.1) is 10.2 Å². The first kappa shape index (κ1) is 27.9. The maximum absolute atomic E-state index is 13.7. The first-order valence-electron chi connectivity index (χ1n) is 14.4. The number of aryl methyl sites for hydroxylation is 1. The number of aromatic nitrogens is 10. The molecule has 0 saturated heterocycles. The lowest BCUT2D eigenvalue weighted by atomic mass is 10.1. The SMILES string of the molecule is COc1cc(N(c2nc3cncc(-c4ccc(F)cc4)n3n2)c2nc3cncc(-c4ccc(F)cc4)n3n2)ccc1-n1cnc(C)c1. The standard InChI is InChI=1S/C33H23F2N11O/c1-20-18-43(19-38-20)26-12-11-25(13-29(26)47-2)44(32-39-30-16-36-14-27(45(30)41-32)21-3-7-23(34)8-4-21)33-40-31-17-37-15-28(46(31)42-33)22-5-9-24(35)10-6-22/h3-19H,1-2H3. The summed E-state index contributed by atoms with van der Waals surface area (Å²) < 4.78 is 38.4. The second-order valence-corrected chi connectivity index (χ2v) is 10.6. The topological polar surface area (TPSA) is 116 Å². The van der Waals surface area contributed by atoms with E-state index in [4.69, 9.17) is 24.9 Å². The molecule has 47 heavy (non-hydrogen) atoms. The van der Waals surface area contributed by atoms with E-state index in [9.17, 15) is 8.78 Å². The van der Waals surface area contributed by atoms with Crippen molar-refractivity contribution in [2.75, 3.05) is 12.0 Å². The number of hydrogen-bond acceptors (Lipinski definition) is 9. The second kappa shape index (κ2) is 11.1. The van der Waals surface area contributed by atoms with Gasteiger partial charge in [0.2, 0.25) is 0 Å². The van der Waals surface area contributed by atoms with Crippen LogP contribution < -0.4 is 9.64 Å². The summed E-state index contributed by atoms with van der Waals surface area (Å²) in [5.74, 6) is 0.327. The molecule has 14 heteroatoms. The van der Waals surface area contributed by atoms with Crippen LogP contribution in [0.25, 0.3) is 39.5 Å². The van der Waals surface area contributed by atoms with Crippen LogP contribution in [-0.4, -0.2) is 55.8 Å². The molecule has 0 spiro atoms. The number of nitrogens with zero attached hydrogens (tertiary/aromatic N) is 11. The van der Waals surface area contributed by atoms with Gasteiger partial charge in [-0.1, -0.05) is 0 Å². The minimum Gasteiger partial charge on any atom is -0.494 e. The Labute approximate surface area is 265 Å². The smallest absolute Gasteiger partial charge is 0.257 e. The summed E-state index contributed by atoms with van der Waals surface area (Å²) in [6, 6.07) is 17.7. The van der Waals surface area contributed by atoms with Gasteiger partial charge in [-0.3, -0.25) is 9.97 Å². The Kier molecular flexibility index (Phi) is 6.60. The van der Waals surface area contributed by atoms with E-state index in [1.807, 2.05) is 35.9 Å². The maximum Gasteiger partial charge on any atom is 0.257 e. The fourth-order valence-electron chi connectivity index (χ4n) is 5.32. The Balaban J connectivity index is 1.32. The van der Waals surface area contributed by atoms with Crippen LogP contribution >= 0.6 is 0 Å². The monoisotopic (exact) mass is 627 g/mol. The normalized spacial score (nSPS) is 11.4. The number of benzene rings is 3. The molecule has 8 aromatic rings. The lowest BCUT2D eigenvalue weighted by Crippen LogP contribution is -2.14. The molecule has 5 heterocycles. The van der Waals surface area contributed by atoms with E-state index in [1.165, 1.54) is 24.3 Å². The molecule has 0 fully saturated rings. The van der Waals surface area contributed by atoms with Crippen molar-refractivity contribution in [3.8, 4) is 34.0 Å². The Morgan fingerprint density at radius 3 is 1.74 bits per heavy atom. The molecule has 0 amide bonds. The molecule has 230 valence electrons. The molecule has 0 aliphatic heterocycles. The second-order valence-electron chi connectivity index (χ2n) is 10.6. The number of rotatable bonds is 7. The molecule has 8 rings (SSSR count). The number of hydrogen-bond donors (Lipinski definition) is 0. The molecule has 0 aliphatic rings. The number of halogens is 2. The van der Waals surface area contributed by atoms with E-state index in [0.29, 0.717) is 45.2 Å². The Morgan fingerprint density at radius 1 is 0.702 bits per heavy atom. The first-order chi connectivity index (χ1) is 22.9. The average Bonchev–Trinajstić information content (AvgIpc) is 3.84. The van der Waals surface area contributed by atoms with Crippen molar-refractivity contribution in [3.05, 3.63) is 121 Å². The highest BCUT2D eigenvalue weighted by molar-refractivity contribution is 5.74. The third kappa shape index (κ3) is 4.97. The third-order valence-electron chi connectivity index (χ3n) is 7.56. The van der Waals surface area contributed by atoms with Crippen molar-refractivity contribution in [2.24, 2.45) is 0 Å². The third-order valence-corrected chi connectivity index (χ3v) is 7.56. The van der Waals surface area contributed by atoms with Gasteiger partial charge in [-0.25, -0.2) is 27.7 Å². The van der Waals surface area contributed by atoms with Gasteiger partial charge in [0.25, 0.3) is 11.9 Å². The van der Waals surface area contributed by atoms with Gasteiger partial charge in [0.1, 0.15) is 17.4 Å². The largest absolute Gasteiger partial charge is 0.494 e. The number of methoxy groups -OCH3 is 1. The van der Waals surface area contributed by atoms with Crippen molar-refractivity contribution < 1.29 is 13.5 Å². The van der Waals surface area contributed by atoms with Gasteiger partial charge in [0.05, 0.1) is 66.7 Å². The molecule has 0 unspecified atom stereocenters. The Hall–Kier alpha value is -6.57. The molecule has 5 aromatic heterocycles. The van der Waals surface area contributed by atoms with Crippen molar-refractivity contribution in [1.82, 2.24) is 48.7 Å². The molecule has 12 nitrogen and oxygen atoms in total. The number of fused-ring (bicyclic) bond motifs is 2. The van der Waals surface area contributed by atoms with Crippen LogP contribution in [0.15, 0.2) is 104 Å². The minimum absolute atomic E-state index is 0.238. The fourth-order valence-corrected chi connectivity index (χ4v) is 5.32. The van der Waals surface area contributed by atoms with E-state index >= 15 is 0 Å². The lowest BCUT2D eigenvalue weighted by Gasteiger charge is -2.19. The zero-order chi connectivity index (χ0) is 32.1. The summed E-state index contributed by atoms with van der Waals surface area (Å²) in [6.45, 7) is 1.91. The van der Waals surface area contributed by atoms with Gasteiger partial charge in [-0.2, -0.15) is 9.97 Å².